The van der Waals surface area contributed by atoms with Crippen LogP contribution in [0, 0.1) is 0 Å². The largest absolute Gasteiger partial charge is 0.488 e. The van der Waals surface area contributed by atoms with Crippen molar-refractivity contribution >= 4 is 49.8 Å². The molecule has 0 bridgehead atoms. The summed E-state index contributed by atoms with van der Waals surface area (Å²) in [4.78, 5) is 19.6. The summed E-state index contributed by atoms with van der Waals surface area (Å²) in [5.74, 6) is 0.237. The number of carbonyl (C=O) groups is 1. The smallest absolute Gasteiger partial charge is 0.411 e. The summed E-state index contributed by atoms with van der Waals surface area (Å²) in [6, 6.07) is 6.36. The molecule has 0 aliphatic rings. The van der Waals surface area contributed by atoms with Gasteiger partial charge >= 0.3 is 16.3 Å². The molecule has 146 valence electrons. The van der Waals surface area contributed by atoms with Crippen LogP contribution in [0.3, 0.4) is 0 Å². The van der Waals surface area contributed by atoms with Crippen LogP contribution >= 0.6 is 27.5 Å². The van der Waals surface area contributed by atoms with Gasteiger partial charge in [0.2, 0.25) is 11.8 Å². The first-order valence-corrected chi connectivity index (χ1v) is 9.96. The lowest BCUT2D eigenvalue weighted by Crippen LogP contribution is -2.37. The Kier molecular flexibility index (Phi) is 7.45. The number of carbonyl (C=O) groups excluding carboxylic acids is 1. The highest BCUT2D eigenvalue weighted by atomic mass is 79.9. The summed E-state index contributed by atoms with van der Waals surface area (Å²) in [5, 5.41) is 2.16. The van der Waals surface area contributed by atoms with Crippen molar-refractivity contribution in [3.05, 3.63) is 34.9 Å². The molecule has 2 rings (SSSR count). The first-order chi connectivity index (χ1) is 12.8. The van der Waals surface area contributed by atoms with Crippen LogP contribution in [0.5, 0.6) is 17.4 Å². The number of nitrogens with zero attached hydrogens (tertiary/aromatic N) is 2. The van der Waals surface area contributed by atoms with Gasteiger partial charge in [-0.3, -0.25) is 5.32 Å². The summed E-state index contributed by atoms with van der Waals surface area (Å²) in [6.07, 6.45) is 0. The standard InChI is InChI=1S/C14H14BrClN4O6S/c1-24-12-8-11(15)17-13(18-12)19-14(21)20-27(22,23)26-10-5-3-2-4-9(10)25-7-6-16/h2-5,8H,6-7H2,1H3,(H2,17,18,19,20,21). The lowest BCUT2D eigenvalue weighted by atomic mass is 10.3. The van der Waals surface area contributed by atoms with Crippen LogP contribution in [0.2, 0.25) is 0 Å². The second-order valence-electron chi connectivity index (χ2n) is 4.63. The Bertz CT molecular complexity index is 914. The molecule has 2 N–H and O–H groups in total. The van der Waals surface area contributed by atoms with Gasteiger partial charge in [0.05, 0.1) is 13.0 Å². The minimum atomic E-state index is -4.50. The van der Waals surface area contributed by atoms with Gasteiger partial charge < -0.3 is 13.7 Å². The molecule has 2 aromatic rings. The third kappa shape index (κ3) is 6.73. The summed E-state index contributed by atoms with van der Waals surface area (Å²) >= 11 is 8.65. The van der Waals surface area contributed by atoms with Gasteiger partial charge in [0, 0.05) is 6.07 Å². The van der Waals surface area contributed by atoms with E-state index in [0.717, 1.165) is 0 Å². The minimum absolute atomic E-state index is 0.108. The summed E-state index contributed by atoms with van der Waals surface area (Å²) in [6.45, 7) is 0.151. The van der Waals surface area contributed by atoms with E-state index in [2.05, 4.69) is 31.2 Å². The molecule has 27 heavy (non-hydrogen) atoms. The maximum atomic E-state index is 12.1. The average molecular weight is 482 g/mol. The number of urea groups is 1. The highest BCUT2D eigenvalue weighted by Gasteiger charge is 2.20. The van der Waals surface area contributed by atoms with Crippen molar-refractivity contribution < 1.29 is 26.9 Å². The number of para-hydroxylation sites is 2. The number of rotatable bonds is 8. The number of hydrogen-bond acceptors (Lipinski definition) is 8. The zero-order valence-electron chi connectivity index (χ0n) is 13.8. The van der Waals surface area contributed by atoms with Crippen molar-refractivity contribution in [2.24, 2.45) is 0 Å². The molecule has 1 aromatic heterocycles. The number of alkyl halides is 1. The van der Waals surface area contributed by atoms with Gasteiger partial charge in [-0.05, 0) is 28.1 Å². The number of ether oxygens (including phenoxy) is 2. The number of methoxy groups -OCH3 is 1. The number of benzene rings is 1. The third-order valence-electron chi connectivity index (χ3n) is 2.71. The Morgan fingerprint density at radius 3 is 2.63 bits per heavy atom. The monoisotopic (exact) mass is 480 g/mol. The number of aromatic nitrogens is 2. The molecule has 2 amide bonds. The van der Waals surface area contributed by atoms with E-state index in [4.69, 9.17) is 25.3 Å². The Balaban J connectivity index is 2.06. The van der Waals surface area contributed by atoms with Crippen molar-refractivity contribution in [3.8, 4) is 17.4 Å². The molecule has 0 unspecified atom stereocenters. The minimum Gasteiger partial charge on any atom is -0.488 e. The molecule has 0 saturated heterocycles. The van der Waals surface area contributed by atoms with Gasteiger partial charge in [0.1, 0.15) is 11.2 Å². The molecule has 10 nitrogen and oxygen atoms in total. The molecule has 0 atom stereocenters. The zero-order valence-corrected chi connectivity index (χ0v) is 17.0. The normalized spacial score (nSPS) is 10.8. The van der Waals surface area contributed by atoms with E-state index in [1.165, 1.54) is 25.3 Å². The fourth-order valence-corrected chi connectivity index (χ4v) is 2.86. The Morgan fingerprint density at radius 1 is 1.26 bits per heavy atom. The summed E-state index contributed by atoms with van der Waals surface area (Å²) < 4.78 is 41.2. The predicted molar refractivity (Wildman–Crippen MR) is 101 cm³/mol. The number of amides is 2. The van der Waals surface area contributed by atoms with Crippen molar-refractivity contribution in [3.63, 3.8) is 0 Å². The van der Waals surface area contributed by atoms with Crippen molar-refractivity contribution in [1.29, 1.82) is 0 Å². The molecule has 0 aliphatic carbocycles. The van der Waals surface area contributed by atoms with E-state index in [1.54, 1.807) is 16.9 Å². The van der Waals surface area contributed by atoms with Crippen molar-refractivity contribution in [2.45, 2.75) is 0 Å². The number of hydrogen-bond donors (Lipinski definition) is 2. The molecule has 13 heteroatoms. The van der Waals surface area contributed by atoms with Crippen LogP contribution in [-0.2, 0) is 10.3 Å². The number of anilines is 1. The molecule has 0 spiro atoms. The Hall–Kier alpha value is -2.31. The van der Waals surface area contributed by atoms with Crippen LogP contribution in [0.15, 0.2) is 34.9 Å². The van der Waals surface area contributed by atoms with Crippen LogP contribution < -0.4 is 23.7 Å². The van der Waals surface area contributed by atoms with Gasteiger partial charge in [0.25, 0.3) is 0 Å². The predicted octanol–water partition coefficient (Wildman–Crippen LogP) is 2.31. The van der Waals surface area contributed by atoms with Crippen LogP contribution in [0.1, 0.15) is 0 Å². The van der Waals surface area contributed by atoms with E-state index in [1.807, 2.05) is 0 Å². The highest BCUT2D eigenvalue weighted by molar-refractivity contribution is 9.10. The third-order valence-corrected chi connectivity index (χ3v) is 4.10. The first kappa shape index (κ1) is 21.0. The van der Waals surface area contributed by atoms with E-state index < -0.39 is 16.3 Å². The number of nitrogens with one attached hydrogen (secondary N) is 2. The molecular formula is C14H14BrClN4O6S. The van der Waals surface area contributed by atoms with Gasteiger partial charge in [0.15, 0.2) is 11.5 Å². The van der Waals surface area contributed by atoms with E-state index >= 15 is 0 Å². The van der Waals surface area contributed by atoms with Gasteiger partial charge in [-0.25, -0.2) is 14.5 Å². The van der Waals surface area contributed by atoms with Gasteiger partial charge in [-0.2, -0.15) is 13.4 Å². The fraction of sp³-hybridized carbons (Fsp3) is 0.214. The molecule has 0 fully saturated rings. The molecule has 0 saturated carbocycles. The van der Waals surface area contributed by atoms with Crippen LogP contribution in [0.4, 0.5) is 10.7 Å². The first-order valence-electron chi connectivity index (χ1n) is 7.22. The van der Waals surface area contributed by atoms with Gasteiger partial charge in [-0.1, -0.05) is 12.1 Å². The quantitative estimate of drug-likeness (QED) is 0.434. The molecule has 1 heterocycles. The zero-order chi connectivity index (χ0) is 19.9. The molecule has 0 radical (unpaired) electrons. The number of halogens is 2. The summed E-state index contributed by atoms with van der Waals surface area (Å²) in [7, 11) is -3.13. The topological polar surface area (TPSA) is 129 Å². The Morgan fingerprint density at radius 2 is 1.96 bits per heavy atom. The van der Waals surface area contributed by atoms with E-state index in [9.17, 15) is 13.2 Å². The van der Waals surface area contributed by atoms with Crippen molar-refractivity contribution in [2.75, 3.05) is 24.9 Å². The summed E-state index contributed by atoms with van der Waals surface area (Å²) in [5.41, 5.74) is 0. The highest BCUT2D eigenvalue weighted by Crippen LogP contribution is 2.27. The molecular weight excluding hydrogens is 468 g/mol. The molecule has 0 aliphatic heterocycles. The van der Waals surface area contributed by atoms with Crippen molar-refractivity contribution in [1.82, 2.24) is 14.7 Å². The maximum absolute atomic E-state index is 12.1. The lowest BCUT2D eigenvalue weighted by Gasteiger charge is -2.12. The maximum Gasteiger partial charge on any atom is 0.411 e. The second kappa shape index (κ2) is 9.58. The van der Waals surface area contributed by atoms with Crippen LogP contribution in [0.25, 0.3) is 0 Å². The average Bonchev–Trinajstić information content (AvgIpc) is 2.59. The fourth-order valence-electron chi connectivity index (χ4n) is 1.72. The van der Waals surface area contributed by atoms with E-state index in [-0.39, 0.29) is 35.8 Å². The van der Waals surface area contributed by atoms with E-state index in [0.29, 0.717) is 4.60 Å². The Labute approximate surface area is 168 Å². The van der Waals surface area contributed by atoms with Crippen LogP contribution in [-0.4, -0.2) is 44.0 Å². The second-order valence-corrected chi connectivity index (χ2v) is 7.10. The lowest BCUT2D eigenvalue weighted by molar-refractivity contribution is 0.255. The van der Waals surface area contributed by atoms with Gasteiger partial charge in [-0.15, -0.1) is 11.6 Å². The molecule has 1 aromatic carbocycles. The SMILES string of the molecule is COc1cc(Br)nc(NC(=O)NS(=O)(=O)Oc2ccccc2OCCCl)n1.